The smallest absolute Gasteiger partial charge is 0.255 e. The number of anilines is 1. The van der Waals surface area contributed by atoms with Crippen molar-refractivity contribution >= 4 is 17.5 Å². The lowest BCUT2D eigenvalue weighted by molar-refractivity contribution is -0.120. The molecule has 5 heteroatoms. The lowest BCUT2D eigenvalue weighted by atomic mass is 10.1. The van der Waals surface area contributed by atoms with Crippen molar-refractivity contribution in [1.29, 1.82) is 0 Å². The molecule has 3 aromatic carbocycles. The van der Waals surface area contributed by atoms with E-state index in [0.717, 1.165) is 16.7 Å². The van der Waals surface area contributed by atoms with Crippen molar-refractivity contribution < 1.29 is 14.0 Å². The number of halogens is 1. The number of carbonyl (C=O) groups excluding carboxylic acids is 2. The Labute approximate surface area is 163 Å². The highest BCUT2D eigenvalue weighted by molar-refractivity contribution is 6.04. The Bertz CT molecular complexity index is 967. The Morgan fingerprint density at radius 3 is 2.32 bits per heavy atom. The summed E-state index contributed by atoms with van der Waals surface area (Å²) in [4.78, 5) is 24.4. The second kappa shape index (κ2) is 8.95. The molecule has 0 aliphatic heterocycles. The van der Waals surface area contributed by atoms with Gasteiger partial charge in [-0.3, -0.25) is 9.59 Å². The Hall–Kier alpha value is -3.47. The molecule has 0 heterocycles. The van der Waals surface area contributed by atoms with Crippen molar-refractivity contribution in [3.63, 3.8) is 0 Å². The predicted octanol–water partition coefficient (Wildman–Crippen LogP) is 4.25. The first kappa shape index (κ1) is 19.3. The summed E-state index contributed by atoms with van der Waals surface area (Å²) in [6.45, 7) is 2.31. The molecule has 0 aromatic heterocycles. The van der Waals surface area contributed by atoms with Crippen molar-refractivity contribution in [2.24, 2.45) is 0 Å². The molecular weight excluding hydrogens is 355 g/mol. The largest absolute Gasteiger partial charge is 0.352 e. The highest BCUT2D eigenvalue weighted by atomic mass is 19.1. The third kappa shape index (κ3) is 5.51. The van der Waals surface area contributed by atoms with Crippen LogP contribution in [0.15, 0.2) is 72.8 Å². The molecule has 28 heavy (non-hydrogen) atoms. The normalized spacial score (nSPS) is 10.4. The number of benzene rings is 3. The lowest BCUT2D eigenvalue weighted by Gasteiger charge is -2.09. The second-order valence-corrected chi connectivity index (χ2v) is 6.60. The molecule has 2 amide bonds. The third-order valence-corrected chi connectivity index (χ3v) is 4.27. The second-order valence-electron chi connectivity index (χ2n) is 6.60. The zero-order valence-corrected chi connectivity index (χ0v) is 15.5. The molecule has 3 aromatic rings. The number of carbonyl (C=O) groups is 2. The maximum absolute atomic E-state index is 12.9. The number of rotatable bonds is 6. The first-order valence-corrected chi connectivity index (χ1v) is 8.98. The van der Waals surface area contributed by atoms with Gasteiger partial charge in [-0.25, -0.2) is 4.39 Å². The summed E-state index contributed by atoms with van der Waals surface area (Å²) in [6, 6.07) is 20.5. The van der Waals surface area contributed by atoms with E-state index in [4.69, 9.17) is 0 Å². The standard InChI is InChI=1S/C23H21FN2O2/c1-16-5-9-19(10-6-16)23(28)26-21-4-2-3-18(13-21)15-25-22(27)14-17-7-11-20(24)12-8-17/h2-13H,14-15H2,1H3,(H,25,27)(H,26,28). The Morgan fingerprint density at radius 2 is 1.61 bits per heavy atom. The first-order valence-electron chi connectivity index (χ1n) is 8.98. The van der Waals surface area contributed by atoms with E-state index in [1.165, 1.54) is 12.1 Å². The summed E-state index contributed by atoms with van der Waals surface area (Å²) in [5.41, 5.74) is 3.96. The number of amides is 2. The molecule has 0 saturated carbocycles. The molecule has 142 valence electrons. The van der Waals surface area contributed by atoms with Crippen molar-refractivity contribution in [3.05, 3.63) is 101 Å². The fraction of sp³-hybridized carbons (Fsp3) is 0.130. The van der Waals surface area contributed by atoms with Crippen LogP contribution in [0.5, 0.6) is 0 Å². The van der Waals surface area contributed by atoms with Gasteiger partial charge in [-0.15, -0.1) is 0 Å². The van der Waals surface area contributed by atoms with E-state index in [1.807, 2.05) is 37.3 Å². The zero-order valence-electron chi connectivity index (χ0n) is 15.5. The summed E-state index contributed by atoms with van der Waals surface area (Å²) < 4.78 is 12.9. The van der Waals surface area contributed by atoms with Crippen LogP contribution in [0.25, 0.3) is 0 Å². The fourth-order valence-corrected chi connectivity index (χ4v) is 2.72. The van der Waals surface area contributed by atoms with E-state index >= 15 is 0 Å². The van der Waals surface area contributed by atoms with Crippen molar-refractivity contribution in [1.82, 2.24) is 5.32 Å². The van der Waals surface area contributed by atoms with Gasteiger partial charge in [0.15, 0.2) is 0 Å². The van der Waals surface area contributed by atoms with Gasteiger partial charge < -0.3 is 10.6 Å². The molecule has 0 spiro atoms. The molecule has 0 fully saturated rings. The zero-order chi connectivity index (χ0) is 19.9. The van der Waals surface area contributed by atoms with Gasteiger partial charge in [-0.2, -0.15) is 0 Å². The van der Waals surface area contributed by atoms with Crippen LogP contribution in [0.4, 0.5) is 10.1 Å². The molecule has 0 radical (unpaired) electrons. The summed E-state index contributed by atoms with van der Waals surface area (Å²) >= 11 is 0. The van der Waals surface area contributed by atoms with Crippen LogP contribution in [0.2, 0.25) is 0 Å². The van der Waals surface area contributed by atoms with Crippen LogP contribution in [-0.4, -0.2) is 11.8 Å². The number of aryl methyl sites for hydroxylation is 1. The lowest BCUT2D eigenvalue weighted by Crippen LogP contribution is -2.24. The summed E-state index contributed by atoms with van der Waals surface area (Å²) in [7, 11) is 0. The summed E-state index contributed by atoms with van der Waals surface area (Å²) in [5.74, 6) is -0.660. The van der Waals surface area contributed by atoms with Crippen LogP contribution in [0.3, 0.4) is 0 Å². The Morgan fingerprint density at radius 1 is 0.893 bits per heavy atom. The highest BCUT2D eigenvalue weighted by Gasteiger charge is 2.07. The minimum atomic E-state index is -0.325. The predicted molar refractivity (Wildman–Crippen MR) is 108 cm³/mol. The molecule has 2 N–H and O–H groups in total. The minimum Gasteiger partial charge on any atom is -0.352 e. The van der Waals surface area contributed by atoms with Crippen LogP contribution in [0, 0.1) is 12.7 Å². The molecule has 0 aliphatic carbocycles. The van der Waals surface area contributed by atoms with Gasteiger partial charge in [0.1, 0.15) is 5.82 Å². The number of hydrogen-bond donors (Lipinski definition) is 2. The van der Waals surface area contributed by atoms with E-state index in [-0.39, 0.29) is 24.1 Å². The highest BCUT2D eigenvalue weighted by Crippen LogP contribution is 2.13. The molecule has 0 saturated heterocycles. The maximum Gasteiger partial charge on any atom is 0.255 e. The van der Waals surface area contributed by atoms with Crippen LogP contribution in [-0.2, 0) is 17.8 Å². The number of nitrogens with one attached hydrogen (secondary N) is 2. The molecule has 0 unspecified atom stereocenters. The van der Waals surface area contributed by atoms with Crippen LogP contribution < -0.4 is 10.6 Å². The SMILES string of the molecule is Cc1ccc(C(=O)Nc2cccc(CNC(=O)Cc3ccc(F)cc3)c2)cc1. The molecule has 3 rings (SSSR count). The molecule has 0 aliphatic rings. The summed E-state index contributed by atoms with van der Waals surface area (Å²) in [6.07, 6.45) is 0.185. The van der Waals surface area contributed by atoms with E-state index in [9.17, 15) is 14.0 Å². The molecule has 4 nitrogen and oxygen atoms in total. The van der Waals surface area contributed by atoms with Gasteiger partial charge in [0, 0.05) is 17.8 Å². The van der Waals surface area contributed by atoms with Gasteiger partial charge in [0.2, 0.25) is 5.91 Å². The van der Waals surface area contributed by atoms with Crippen LogP contribution in [0.1, 0.15) is 27.0 Å². The van der Waals surface area contributed by atoms with Gasteiger partial charge in [0.05, 0.1) is 6.42 Å². The van der Waals surface area contributed by atoms with Gasteiger partial charge in [-0.1, -0.05) is 42.0 Å². The van der Waals surface area contributed by atoms with E-state index in [1.54, 1.807) is 30.3 Å². The molecule has 0 atom stereocenters. The molecule has 0 bridgehead atoms. The fourth-order valence-electron chi connectivity index (χ4n) is 2.72. The Balaban J connectivity index is 1.55. The summed E-state index contributed by atoms with van der Waals surface area (Å²) in [5, 5.41) is 5.70. The average molecular weight is 376 g/mol. The topological polar surface area (TPSA) is 58.2 Å². The van der Waals surface area contributed by atoms with Crippen molar-refractivity contribution in [2.45, 2.75) is 19.9 Å². The van der Waals surface area contributed by atoms with Gasteiger partial charge >= 0.3 is 0 Å². The van der Waals surface area contributed by atoms with Crippen molar-refractivity contribution in [3.8, 4) is 0 Å². The van der Waals surface area contributed by atoms with Crippen LogP contribution >= 0.6 is 0 Å². The van der Waals surface area contributed by atoms with Crippen molar-refractivity contribution in [2.75, 3.05) is 5.32 Å². The monoisotopic (exact) mass is 376 g/mol. The van der Waals surface area contributed by atoms with Gasteiger partial charge in [0.25, 0.3) is 5.91 Å². The average Bonchev–Trinajstić information content (AvgIpc) is 2.69. The van der Waals surface area contributed by atoms with E-state index in [0.29, 0.717) is 17.8 Å². The number of hydrogen-bond acceptors (Lipinski definition) is 2. The maximum atomic E-state index is 12.9. The minimum absolute atomic E-state index is 0.152. The quantitative estimate of drug-likeness (QED) is 0.676. The van der Waals surface area contributed by atoms with Gasteiger partial charge in [-0.05, 0) is 54.4 Å². The van der Waals surface area contributed by atoms with E-state index < -0.39 is 0 Å². The third-order valence-electron chi connectivity index (χ3n) is 4.27. The first-order chi connectivity index (χ1) is 13.5. The molecular formula is C23H21FN2O2. The van der Waals surface area contributed by atoms with E-state index in [2.05, 4.69) is 10.6 Å². The Kier molecular flexibility index (Phi) is 6.17.